The summed E-state index contributed by atoms with van der Waals surface area (Å²) in [5.74, 6) is 0.567. The van der Waals surface area contributed by atoms with Crippen molar-refractivity contribution < 1.29 is 4.79 Å². The van der Waals surface area contributed by atoms with E-state index in [-0.39, 0.29) is 30.7 Å². The number of rotatable bonds is 5. The fraction of sp³-hybridized carbons (Fsp3) is 0.333. The summed E-state index contributed by atoms with van der Waals surface area (Å²) in [6.45, 7) is 3.34. The second-order valence-corrected chi connectivity index (χ2v) is 5.10. The highest BCUT2D eigenvalue weighted by molar-refractivity contribution is 5.95. The number of hydrogen-bond donors (Lipinski definition) is 2. The van der Waals surface area contributed by atoms with Crippen molar-refractivity contribution in [2.75, 3.05) is 19.6 Å². The number of carbonyl (C=O) groups excluding carboxylic acids is 1. The minimum Gasteiger partial charge on any atom is -0.352 e. The van der Waals surface area contributed by atoms with E-state index >= 15 is 0 Å². The third-order valence-corrected chi connectivity index (χ3v) is 3.57. The van der Waals surface area contributed by atoms with Crippen LogP contribution in [0.25, 0.3) is 0 Å². The van der Waals surface area contributed by atoms with E-state index in [1.165, 1.54) is 0 Å². The van der Waals surface area contributed by atoms with Gasteiger partial charge in [0.1, 0.15) is 0 Å². The van der Waals surface area contributed by atoms with Crippen molar-refractivity contribution in [3.63, 3.8) is 0 Å². The molecule has 2 aromatic rings. The van der Waals surface area contributed by atoms with Crippen LogP contribution in [-0.2, 0) is 6.54 Å². The first-order valence-corrected chi connectivity index (χ1v) is 6.87. The van der Waals surface area contributed by atoms with E-state index in [1.807, 2.05) is 41.2 Å². The molecule has 1 aliphatic heterocycles. The summed E-state index contributed by atoms with van der Waals surface area (Å²) in [6.07, 6.45) is 3.64. The van der Waals surface area contributed by atoms with Crippen molar-refractivity contribution in [2.45, 2.75) is 6.54 Å². The maximum atomic E-state index is 12.3. The summed E-state index contributed by atoms with van der Waals surface area (Å²) >= 11 is 0. The lowest BCUT2D eigenvalue weighted by molar-refractivity contribution is 0.0941. The molecule has 0 spiro atoms. The van der Waals surface area contributed by atoms with E-state index < -0.39 is 0 Å². The maximum Gasteiger partial charge on any atom is 0.251 e. The molecule has 0 saturated carbocycles. The average molecular weight is 343 g/mol. The summed E-state index contributed by atoms with van der Waals surface area (Å²) in [6, 6.07) is 9.57. The number of carbonyl (C=O) groups is 1. The van der Waals surface area contributed by atoms with E-state index in [0.29, 0.717) is 12.5 Å². The molecule has 2 heterocycles. The quantitative estimate of drug-likeness (QED) is 0.869. The van der Waals surface area contributed by atoms with Crippen molar-refractivity contribution >= 4 is 30.7 Å². The van der Waals surface area contributed by atoms with Crippen molar-refractivity contribution in [3.05, 3.63) is 53.9 Å². The van der Waals surface area contributed by atoms with Crippen LogP contribution in [0.5, 0.6) is 0 Å². The van der Waals surface area contributed by atoms with Crippen molar-refractivity contribution in [3.8, 4) is 0 Å². The van der Waals surface area contributed by atoms with Crippen molar-refractivity contribution in [1.82, 2.24) is 20.4 Å². The second-order valence-electron chi connectivity index (χ2n) is 5.10. The third kappa shape index (κ3) is 4.47. The van der Waals surface area contributed by atoms with Gasteiger partial charge in [0.05, 0.1) is 6.54 Å². The smallest absolute Gasteiger partial charge is 0.251 e. The zero-order valence-corrected chi connectivity index (χ0v) is 13.7. The molecule has 1 aliphatic rings. The molecule has 1 fully saturated rings. The van der Waals surface area contributed by atoms with Gasteiger partial charge in [0.2, 0.25) is 0 Å². The molecule has 3 rings (SSSR count). The van der Waals surface area contributed by atoms with Crippen LogP contribution in [0.1, 0.15) is 15.9 Å². The molecular weight excluding hydrogens is 323 g/mol. The molecule has 2 N–H and O–H groups in total. The number of aromatic nitrogens is 2. The molecule has 120 valence electrons. The Morgan fingerprint density at radius 1 is 1.27 bits per heavy atom. The summed E-state index contributed by atoms with van der Waals surface area (Å²) < 4.78 is 1.82. The number of nitrogens with zero attached hydrogens (tertiary/aromatic N) is 2. The molecule has 0 atom stereocenters. The molecule has 0 unspecified atom stereocenters. The van der Waals surface area contributed by atoms with Gasteiger partial charge in [-0.05, 0) is 17.7 Å². The normalized spacial score (nSPS) is 13.5. The molecular formula is C15H20Cl2N4O. The Kier molecular flexibility index (Phi) is 7.38. The Balaban J connectivity index is 0.00000121. The van der Waals surface area contributed by atoms with E-state index in [4.69, 9.17) is 0 Å². The average Bonchev–Trinajstić information content (AvgIpc) is 2.90. The third-order valence-electron chi connectivity index (χ3n) is 3.57. The molecule has 1 saturated heterocycles. The van der Waals surface area contributed by atoms with Crippen molar-refractivity contribution in [2.24, 2.45) is 5.92 Å². The largest absolute Gasteiger partial charge is 0.352 e. The van der Waals surface area contributed by atoms with Gasteiger partial charge in [-0.2, -0.15) is 5.10 Å². The summed E-state index contributed by atoms with van der Waals surface area (Å²) in [5, 5.41) is 10.4. The Morgan fingerprint density at radius 3 is 2.68 bits per heavy atom. The van der Waals surface area contributed by atoms with Crippen LogP contribution >= 0.6 is 24.8 Å². The molecule has 1 amide bonds. The first kappa shape index (κ1) is 18.5. The number of amides is 1. The predicted octanol–water partition coefficient (Wildman–Crippen LogP) is 1.72. The van der Waals surface area contributed by atoms with E-state index in [1.54, 1.807) is 6.20 Å². The molecule has 0 radical (unpaired) electrons. The SMILES string of the molecule is Cl.Cl.O=C(NCC1CNC1)c1ccccc1Cn1cccn1. The summed E-state index contributed by atoms with van der Waals surface area (Å²) in [4.78, 5) is 12.3. The fourth-order valence-corrected chi connectivity index (χ4v) is 2.27. The fourth-order valence-electron chi connectivity index (χ4n) is 2.27. The Morgan fingerprint density at radius 2 is 2.05 bits per heavy atom. The van der Waals surface area contributed by atoms with Gasteiger partial charge in [0, 0.05) is 43.5 Å². The lowest BCUT2D eigenvalue weighted by atomic mass is 10.0. The topological polar surface area (TPSA) is 59.0 Å². The zero-order valence-electron chi connectivity index (χ0n) is 12.1. The second kappa shape index (κ2) is 8.78. The monoisotopic (exact) mass is 342 g/mol. The molecule has 22 heavy (non-hydrogen) atoms. The molecule has 0 aliphatic carbocycles. The van der Waals surface area contributed by atoms with Gasteiger partial charge >= 0.3 is 0 Å². The van der Waals surface area contributed by atoms with Crippen LogP contribution in [0, 0.1) is 5.92 Å². The molecule has 7 heteroatoms. The van der Waals surface area contributed by atoms with Gasteiger partial charge in [-0.25, -0.2) is 0 Å². The van der Waals surface area contributed by atoms with Crippen LogP contribution in [0.3, 0.4) is 0 Å². The standard InChI is InChI=1S/C15H18N4O.2ClH/c20-15(17-10-12-8-16-9-12)14-5-2-1-4-13(14)11-19-7-3-6-18-19;;/h1-7,12,16H,8-11H2,(H,17,20);2*1H. The lowest BCUT2D eigenvalue weighted by Crippen LogP contribution is -2.48. The lowest BCUT2D eigenvalue weighted by Gasteiger charge is -2.27. The maximum absolute atomic E-state index is 12.3. The van der Waals surface area contributed by atoms with Crippen LogP contribution in [-0.4, -0.2) is 35.3 Å². The van der Waals surface area contributed by atoms with Crippen LogP contribution in [0.4, 0.5) is 0 Å². The van der Waals surface area contributed by atoms with Crippen molar-refractivity contribution in [1.29, 1.82) is 0 Å². The van der Waals surface area contributed by atoms with Crippen LogP contribution < -0.4 is 10.6 Å². The van der Waals surface area contributed by atoms with Gasteiger partial charge in [-0.1, -0.05) is 18.2 Å². The Hall–Kier alpha value is -1.56. The Bertz CT molecular complexity index is 585. The highest BCUT2D eigenvalue weighted by Gasteiger charge is 2.18. The van der Waals surface area contributed by atoms with Gasteiger partial charge in [0.15, 0.2) is 0 Å². The number of benzene rings is 1. The van der Waals surface area contributed by atoms with Gasteiger partial charge in [-0.15, -0.1) is 24.8 Å². The van der Waals surface area contributed by atoms with Gasteiger partial charge in [-0.3, -0.25) is 9.48 Å². The Labute approximate surface area is 142 Å². The number of hydrogen-bond acceptors (Lipinski definition) is 3. The highest BCUT2D eigenvalue weighted by Crippen LogP contribution is 2.11. The molecule has 1 aromatic carbocycles. The van der Waals surface area contributed by atoms with Crippen LogP contribution in [0.2, 0.25) is 0 Å². The minimum absolute atomic E-state index is 0. The molecule has 5 nitrogen and oxygen atoms in total. The van der Waals surface area contributed by atoms with Crippen LogP contribution in [0.15, 0.2) is 42.7 Å². The predicted molar refractivity (Wildman–Crippen MR) is 91.0 cm³/mol. The first-order valence-electron chi connectivity index (χ1n) is 6.87. The molecule has 1 aromatic heterocycles. The van der Waals surface area contributed by atoms with Gasteiger partial charge < -0.3 is 10.6 Å². The minimum atomic E-state index is -0.000318. The summed E-state index contributed by atoms with van der Waals surface area (Å²) in [5.41, 5.74) is 1.72. The summed E-state index contributed by atoms with van der Waals surface area (Å²) in [7, 11) is 0. The van der Waals surface area contributed by atoms with Gasteiger partial charge in [0.25, 0.3) is 5.91 Å². The number of halogens is 2. The number of nitrogens with one attached hydrogen (secondary N) is 2. The zero-order chi connectivity index (χ0) is 13.8. The first-order chi connectivity index (χ1) is 9.83. The molecule has 0 bridgehead atoms. The van der Waals surface area contributed by atoms with E-state index in [0.717, 1.165) is 30.8 Å². The van der Waals surface area contributed by atoms with E-state index in [2.05, 4.69) is 15.7 Å². The highest BCUT2D eigenvalue weighted by atomic mass is 35.5. The van der Waals surface area contributed by atoms with E-state index in [9.17, 15) is 4.79 Å².